The van der Waals surface area contributed by atoms with E-state index in [0.29, 0.717) is 4.90 Å². The second-order valence-corrected chi connectivity index (χ2v) is 6.94. The first-order valence-electron chi connectivity index (χ1n) is 6.46. The lowest BCUT2D eigenvalue weighted by molar-refractivity contribution is 0.601. The molecule has 2 aromatic rings. The third-order valence-electron chi connectivity index (χ3n) is 3.41. The lowest BCUT2D eigenvalue weighted by Crippen LogP contribution is -2.19. The Kier molecular flexibility index (Phi) is 4.26. The Morgan fingerprint density at radius 2 is 1.75 bits per heavy atom. The Morgan fingerprint density at radius 3 is 2.35 bits per heavy atom. The monoisotopic (exact) mass is 289 g/mol. The van der Waals surface area contributed by atoms with Crippen molar-refractivity contribution < 1.29 is 8.42 Å². The minimum absolute atomic E-state index is 0.0158. The summed E-state index contributed by atoms with van der Waals surface area (Å²) in [6.45, 7) is 2.06. The van der Waals surface area contributed by atoms with Crippen molar-refractivity contribution in [2.45, 2.75) is 17.9 Å². The summed E-state index contributed by atoms with van der Waals surface area (Å²) >= 11 is 0. The maximum Gasteiger partial charge on any atom is 0.175 e. The predicted molar refractivity (Wildman–Crippen MR) is 81.6 cm³/mol. The van der Waals surface area contributed by atoms with Crippen LogP contribution in [0, 0.1) is 6.92 Å². The fourth-order valence-corrected chi connectivity index (χ4v) is 3.01. The lowest BCUT2D eigenvalue weighted by Gasteiger charge is -2.20. The smallest absolute Gasteiger partial charge is 0.175 e. The molecule has 1 unspecified atom stereocenters. The summed E-state index contributed by atoms with van der Waals surface area (Å²) < 4.78 is 23.4. The van der Waals surface area contributed by atoms with Gasteiger partial charge in [-0.2, -0.15) is 0 Å². The first-order valence-corrected chi connectivity index (χ1v) is 8.35. The molecule has 0 aliphatic rings. The zero-order valence-electron chi connectivity index (χ0n) is 11.9. The highest BCUT2D eigenvalue weighted by atomic mass is 32.2. The molecule has 0 aromatic heterocycles. The van der Waals surface area contributed by atoms with Gasteiger partial charge in [-0.25, -0.2) is 8.42 Å². The zero-order chi connectivity index (χ0) is 14.8. The second-order valence-electron chi connectivity index (χ2n) is 4.92. The molecule has 0 bridgehead atoms. The molecular formula is C16H19NO2S. The fourth-order valence-electron chi connectivity index (χ4n) is 2.34. The number of hydrogen-bond acceptors (Lipinski definition) is 3. The van der Waals surface area contributed by atoms with E-state index in [1.165, 1.54) is 11.8 Å². The molecule has 3 nitrogen and oxygen atoms in total. The topological polar surface area (TPSA) is 46.2 Å². The van der Waals surface area contributed by atoms with Gasteiger partial charge >= 0.3 is 0 Å². The summed E-state index contributed by atoms with van der Waals surface area (Å²) in [5.74, 6) is 0. The van der Waals surface area contributed by atoms with Crippen molar-refractivity contribution >= 4 is 9.84 Å². The normalized spacial score (nSPS) is 13.2. The van der Waals surface area contributed by atoms with Gasteiger partial charge in [0.15, 0.2) is 9.84 Å². The van der Waals surface area contributed by atoms with E-state index in [2.05, 4.69) is 24.4 Å². The van der Waals surface area contributed by atoms with E-state index in [1.54, 1.807) is 18.2 Å². The van der Waals surface area contributed by atoms with Crippen molar-refractivity contribution in [1.29, 1.82) is 0 Å². The zero-order valence-corrected chi connectivity index (χ0v) is 12.7. The van der Waals surface area contributed by atoms with E-state index in [4.69, 9.17) is 0 Å². The van der Waals surface area contributed by atoms with Crippen molar-refractivity contribution in [3.63, 3.8) is 0 Å². The number of hydrogen-bond donors (Lipinski definition) is 1. The van der Waals surface area contributed by atoms with E-state index < -0.39 is 9.84 Å². The molecule has 106 valence electrons. The summed E-state index contributed by atoms with van der Waals surface area (Å²) in [6, 6.07) is 15.2. The fraction of sp³-hybridized carbons (Fsp3) is 0.250. The van der Waals surface area contributed by atoms with E-state index in [-0.39, 0.29) is 6.04 Å². The van der Waals surface area contributed by atoms with Crippen LogP contribution in [-0.4, -0.2) is 21.7 Å². The van der Waals surface area contributed by atoms with Crippen LogP contribution in [0.2, 0.25) is 0 Å². The molecule has 0 amide bonds. The molecule has 0 fully saturated rings. The quantitative estimate of drug-likeness (QED) is 0.941. The van der Waals surface area contributed by atoms with Crippen molar-refractivity contribution in [2.24, 2.45) is 0 Å². The van der Waals surface area contributed by atoms with Crippen molar-refractivity contribution in [1.82, 2.24) is 5.32 Å². The molecule has 0 heterocycles. The van der Waals surface area contributed by atoms with Crippen LogP contribution in [0.1, 0.15) is 22.7 Å². The molecule has 4 heteroatoms. The van der Waals surface area contributed by atoms with E-state index in [9.17, 15) is 8.42 Å². The molecule has 1 N–H and O–H groups in total. The maximum absolute atomic E-state index is 11.7. The summed E-state index contributed by atoms with van der Waals surface area (Å²) in [5, 5.41) is 3.26. The van der Waals surface area contributed by atoms with Crippen LogP contribution in [0.25, 0.3) is 0 Å². The molecule has 0 aliphatic carbocycles. The van der Waals surface area contributed by atoms with Gasteiger partial charge in [0.25, 0.3) is 0 Å². The van der Waals surface area contributed by atoms with Crippen molar-refractivity contribution in [3.05, 3.63) is 65.2 Å². The molecule has 0 radical (unpaired) electrons. The summed E-state index contributed by atoms with van der Waals surface area (Å²) in [5.41, 5.74) is 3.28. The number of sulfone groups is 1. The molecular weight excluding hydrogens is 270 g/mol. The van der Waals surface area contributed by atoms with Gasteiger partial charge in [0.2, 0.25) is 0 Å². The van der Waals surface area contributed by atoms with E-state index in [0.717, 1.165) is 11.1 Å². The maximum atomic E-state index is 11.7. The van der Waals surface area contributed by atoms with Gasteiger partial charge in [-0.15, -0.1) is 0 Å². The Bertz CT molecular complexity index is 708. The Labute approximate surface area is 120 Å². The number of nitrogens with one attached hydrogen (secondary N) is 1. The first-order chi connectivity index (χ1) is 9.43. The molecule has 0 spiro atoms. The van der Waals surface area contributed by atoms with Gasteiger partial charge in [-0.3, -0.25) is 0 Å². The first kappa shape index (κ1) is 14.8. The SMILES string of the molecule is CNC(c1cccc(S(C)(=O)=O)c1)c1ccccc1C. The van der Waals surface area contributed by atoms with Crippen LogP contribution in [0.3, 0.4) is 0 Å². The largest absolute Gasteiger partial charge is 0.309 e. The van der Waals surface area contributed by atoms with Gasteiger partial charge in [0, 0.05) is 6.26 Å². The van der Waals surface area contributed by atoms with Gasteiger partial charge in [-0.1, -0.05) is 36.4 Å². The standard InChI is InChI=1S/C16H19NO2S/c1-12-7-4-5-10-15(12)16(17-2)13-8-6-9-14(11-13)20(3,18)19/h4-11,16-17H,1-3H3. The minimum Gasteiger partial charge on any atom is -0.309 e. The summed E-state index contributed by atoms with van der Waals surface area (Å²) in [6.07, 6.45) is 1.23. The van der Waals surface area contributed by atoms with Gasteiger partial charge < -0.3 is 5.32 Å². The number of benzene rings is 2. The molecule has 0 saturated carbocycles. The van der Waals surface area contributed by atoms with Crippen LogP contribution in [-0.2, 0) is 9.84 Å². The van der Waals surface area contributed by atoms with Gasteiger partial charge in [-0.05, 0) is 42.8 Å². The van der Waals surface area contributed by atoms with Crippen molar-refractivity contribution in [3.8, 4) is 0 Å². The summed E-state index contributed by atoms with van der Waals surface area (Å²) in [7, 11) is -1.31. The molecule has 1 atom stereocenters. The Morgan fingerprint density at radius 1 is 1.05 bits per heavy atom. The number of rotatable bonds is 4. The van der Waals surface area contributed by atoms with Crippen LogP contribution >= 0.6 is 0 Å². The third-order valence-corrected chi connectivity index (χ3v) is 4.52. The molecule has 2 rings (SSSR count). The highest BCUT2D eigenvalue weighted by Gasteiger charge is 2.16. The molecule has 0 saturated heterocycles. The molecule has 20 heavy (non-hydrogen) atoms. The predicted octanol–water partition coefficient (Wildman–Crippen LogP) is 2.71. The minimum atomic E-state index is -3.19. The Balaban J connectivity index is 2.51. The average molecular weight is 289 g/mol. The average Bonchev–Trinajstić information content (AvgIpc) is 2.41. The second kappa shape index (κ2) is 5.77. The lowest BCUT2D eigenvalue weighted by atomic mass is 9.95. The number of aryl methyl sites for hydroxylation is 1. The van der Waals surface area contributed by atoms with Crippen LogP contribution in [0.15, 0.2) is 53.4 Å². The van der Waals surface area contributed by atoms with Crippen molar-refractivity contribution in [2.75, 3.05) is 13.3 Å². The Hall–Kier alpha value is -1.65. The summed E-state index contributed by atoms with van der Waals surface area (Å²) in [4.78, 5) is 0.351. The van der Waals surface area contributed by atoms with Crippen LogP contribution in [0.4, 0.5) is 0 Å². The van der Waals surface area contributed by atoms with Gasteiger partial charge in [0.1, 0.15) is 0 Å². The van der Waals surface area contributed by atoms with E-state index >= 15 is 0 Å². The third kappa shape index (κ3) is 3.08. The highest BCUT2D eigenvalue weighted by Crippen LogP contribution is 2.26. The van der Waals surface area contributed by atoms with Crippen LogP contribution < -0.4 is 5.32 Å². The highest BCUT2D eigenvalue weighted by molar-refractivity contribution is 7.90. The molecule has 2 aromatic carbocycles. The van der Waals surface area contributed by atoms with Crippen LogP contribution in [0.5, 0.6) is 0 Å². The molecule has 0 aliphatic heterocycles. The van der Waals surface area contributed by atoms with E-state index in [1.807, 2.05) is 25.2 Å². The van der Waals surface area contributed by atoms with Gasteiger partial charge in [0.05, 0.1) is 10.9 Å².